The Balaban J connectivity index is 2.33. The van der Waals surface area contributed by atoms with Crippen LogP contribution >= 0.6 is 11.6 Å². The van der Waals surface area contributed by atoms with Gasteiger partial charge in [-0.2, -0.15) is 0 Å². The molecular weight excluding hydrogens is 270 g/mol. The van der Waals surface area contributed by atoms with Crippen molar-refractivity contribution >= 4 is 11.6 Å². The van der Waals surface area contributed by atoms with Crippen LogP contribution in [0.25, 0.3) is 0 Å². The molecule has 2 nitrogen and oxygen atoms in total. The van der Waals surface area contributed by atoms with Crippen molar-refractivity contribution in [2.75, 3.05) is 13.7 Å². The fourth-order valence-electron chi connectivity index (χ4n) is 3.34. The molecule has 112 valence electrons. The van der Waals surface area contributed by atoms with E-state index in [0.29, 0.717) is 0 Å². The van der Waals surface area contributed by atoms with E-state index in [1.165, 1.54) is 24.8 Å². The summed E-state index contributed by atoms with van der Waals surface area (Å²) in [5.74, 6) is 0. The monoisotopic (exact) mass is 295 g/mol. The van der Waals surface area contributed by atoms with E-state index in [2.05, 4.69) is 24.4 Å². The van der Waals surface area contributed by atoms with Gasteiger partial charge in [-0.25, -0.2) is 0 Å². The minimum atomic E-state index is -0.113. The second-order valence-corrected chi connectivity index (χ2v) is 6.15. The van der Waals surface area contributed by atoms with Gasteiger partial charge in [-0.3, -0.25) is 0 Å². The largest absolute Gasteiger partial charge is 0.376 e. The van der Waals surface area contributed by atoms with Crippen LogP contribution in [0.3, 0.4) is 0 Å². The molecule has 2 rings (SSSR count). The normalized spacial score (nSPS) is 19.8. The lowest BCUT2D eigenvalue weighted by molar-refractivity contribution is -0.0687. The molecule has 1 aliphatic carbocycles. The lowest BCUT2D eigenvalue weighted by Gasteiger charge is -2.43. The summed E-state index contributed by atoms with van der Waals surface area (Å²) in [4.78, 5) is 0. The molecule has 0 heterocycles. The third kappa shape index (κ3) is 3.36. The molecule has 1 aromatic carbocycles. The van der Waals surface area contributed by atoms with Crippen molar-refractivity contribution in [3.05, 3.63) is 34.9 Å². The van der Waals surface area contributed by atoms with E-state index in [1.54, 1.807) is 0 Å². The van der Waals surface area contributed by atoms with Gasteiger partial charge < -0.3 is 10.1 Å². The Kier molecular flexibility index (Phi) is 5.88. The van der Waals surface area contributed by atoms with Crippen molar-refractivity contribution in [3.63, 3.8) is 0 Å². The van der Waals surface area contributed by atoms with E-state index in [4.69, 9.17) is 16.3 Å². The van der Waals surface area contributed by atoms with Gasteiger partial charge in [0.1, 0.15) is 0 Å². The summed E-state index contributed by atoms with van der Waals surface area (Å²) >= 11 is 6.44. The summed E-state index contributed by atoms with van der Waals surface area (Å²) in [5, 5.41) is 4.51. The Bertz CT molecular complexity index is 415. The highest BCUT2D eigenvalue weighted by atomic mass is 35.5. The maximum atomic E-state index is 6.44. The first-order valence-corrected chi connectivity index (χ1v) is 8.14. The molecular formula is C17H26ClNO. The van der Waals surface area contributed by atoms with E-state index in [-0.39, 0.29) is 11.6 Å². The highest BCUT2D eigenvalue weighted by molar-refractivity contribution is 6.31. The first kappa shape index (κ1) is 15.8. The number of benzene rings is 1. The van der Waals surface area contributed by atoms with E-state index in [9.17, 15) is 0 Å². The van der Waals surface area contributed by atoms with Crippen molar-refractivity contribution in [2.24, 2.45) is 0 Å². The van der Waals surface area contributed by atoms with E-state index >= 15 is 0 Å². The minimum Gasteiger partial charge on any atom is -0.376 e. The van der Waals surface area contributed by atoms with Crippen LogP contribution in [0, 0.1) is 0 Å². The molecule has 20 heavy (non-hydrogen) atoms. The maximum absolute atomic E-state index is 6.44. The Morgan fingerprint density at radius 3 is 2.55 bits per heavy atom. The Morgan fingerprint density at radius 1 is 1.25 bits per heavy atom. The van der Waals surface area contributed by atoms with Gasteiger partial charge in [-0.1, -0.05) is 56.0 Å². The standard InChI is InChI=1S/C17H26ClNO/c1-3-13-19-16(14-9-5-6-10-15(14)18)17(20-2)11-7-4-8-12-17/h5-6,9-10,16,19H,3-4,7-8,11-13H2,1-2H3. The molecule has 0 radical (unpaired) electrons. The van der Waals surface area contributed by atoms with Gasteiger partial charge in [0.05, 0.1) is 11.6 Å². The van der Waals surface area contributed by atoms with E-state index in [1.807, 2.05) is 19.2 Å². The summed E-state index contributed by atoms with van der Waals surface area (Å²) in [5.41, 5.74) is 1.06. The van der Waals surface area contributed by atoms with Crippen LogP contribution in [0.1, 0.15) is 57.1 Å². The van der Waals surface area contributed by atoms with Gasteiger partial charge in [0.15, 0.2) is 0 Å². The van der Waals surface area contributed by atoms with Gasteiger partial charge in [-0.05, 0) is 37.4 Å². The SMILES string of the molecule is CCCNC(c1ccccc1Cl)C1(OC)CCCCC1. The van der Waals surface area contributed by atoms with Crippen LogP contribution < -0.4 is 5.32 Å². The first-order valence-electron chi connectivity index (χ1n) is 7.76. The molecule has 3 heteroatoms. The van der Waals surface area contributed by atoms with Crippen molar-refractivity contribution in [2.45, 2.75) is 57.1 Å². The highest BCUT2D eigenvalue weighted by Gasteiger charge is 2.41. The third-order valence-electron chi connectivity index (χ3n) is 4.45. The summed E-state index contributed by atoms with van der Waals surface area (Å²) < 4.78 is 6.03. The molecule has 1 fully saturated rings. The first-order chi connectivity index (χ1) is 9.73. The van der Waals surface area contributed by atoms with Gasteiger partial charge in [0, 0.05) is 12.1 Å². The van der Waals surface area contributed by atoms with Gasteiger partial charge in [0.25, 0.3) is 0 Å². The fourth-order valence-corrected chi connectivity index (χ4v) is 3.58. The Labute approximate surface area is 127 Å². The zero-order valence-electron chi connectivity index (χ0n) is 12.6. The van der Waals surface area contributed by atoms with Crippen LogP contribution in [0.2, 0.25) is 5.02 Å². The number of nitrogens with one attached hydrogen (secondary N) is 1. The van der Waals surface area contributed by atoms with Gasteiger partial charge in [0.2, 0.25) is 0 Å². The predicted octanol–water partition coefficient (Wildman–Crippen LogP) is 4.73. The van der Waals surface area contributed by atoms with Crippen LogP contribution in [0.15, 0.2) is 24.3 Å². The van der Waals surface area contributed by atoms with Crippen LogP contribution in [0.5, 0.6) is 0 Å². The topological polar surface area (TPSA) is 21.3 Å². The average molecular weight is 296 g/mol. The van der Waals surface area contributed by atoms with Gasteiger partial charge in [-0.15, -0.1) is 0 Å². The van der Waals surface area contributed by atoms with Crippen LogP contribution in [0.4, 0.5) is 0 Å². The predicted molar refractivity (Wildman–Crippen MR) is 85.3 cm³/mol. The van der Waals surface area contributed by atoms with Gasteiger partial charge >= 0.3 is 0 Å². The lowest BCUT2D eigenvalue weighted by atomic mass is 9.76. The quantitative estimate of drug-likeness (QED) is 0.819. The Morgan fingerprint density at radius 2 is 1.95 bits per heavy atom. The molecule has 0 amide bonds. The number of halogens is 1. The molecule has 1 N–H and O–H groups in total. The van der Waals surface area contributed by atoms with Crippen molar-refractivity contribution in [3.8, 4) is 0 Å². The van der Waals surface area contributed by atoms with E-state index in [0.717, 1.165) is 30.8 Å². The third-order valence-corrected chi connectivity index (χ3v) is 4.79. The minimum absolute atomic E-state index is 0.113. The summed E-state index contributed by atoms with van der Waals surface area (Å²) in [6.07, 6.45) is 7.12. The maximum Gasteiger partial charge on any atom is 0.0873 e. The number of hydrogen-bond acceptors (Lipinski definition) is 2. The second-order valence-electron chi connectivity index (χ2n) is 5.74. The molecule has 0 bridgehead atoms. The highest BCUT2D eigenvalue weighted by Crippen LogP contribution is 2.42. The Hall–Kier alpha value is -0.570. The molecule has 1 atom stereocenters. The molecule has 1 aromatic rings. The molecule has 0 spiro atoms. The zero-order valence-corrected chi connectivity index (χ0v) is 13.4. The molecule has 1 unspecified atom stereocenters. The molecule has 1 saturated carbocycles. The van der Waals surface area contributed by atoms with Crippen molar-refractivity contribution in [1.29, 1.82) is 0 Å². The van der Waals surface area contributed by atoms with Crippen LogP contribution in [-0.2, 0) is 4.74 Å². The summed E-state index contributed by atoms with van der Waals surface area (Å²) in [6, 6.07) is 8.34. The number of ether oxygens (including phenoxy) is 1. The second kappa shape index (κ2) is 7.44. The molecule has 0 aromatic heterocycles. The smallest absolute Gasteiger partial charge is 0.0873 e. The number of methoxy groups -OCH3 is 1. The molecule has 0 saturated heterocycles. The lowest BCUT2D eigenvalue weighted by Crippen LogP contribution is -2.47. The summed E-state index contributed by atoms with van der Waals surface area (Å²) in [6.45, 7) is 3.18. The summed E-state index contributed by atoms with van der Waals surface area (Å²) in [7, 11) is 1.85. The molecule has 1 aliphatic rings. The number of hydrogen-bond donors (Lipinski definition) is 1. The fraction of sp³-hybridized carbons (Fsp3) is 0.647. The average Bonchev–Trinajstić information content (AvgIpc) is 2.50. The molecule has 0 aliphatic heterocycles. The number of rotatable bonds is 6. The van der Waals surface area contributed by atoms with Crippen LogP contribution in [-0.4, -0.2) is 19.3 Å². The van der Waals surface area contributed by atoms with Crippen molar-refractivity contribution < 1.29 is 4.74 Å². The zero-order chi connectivity index (χ0) is 14.4. The van der Waals surface area contributed by atoms with E-state index < -0.39 is 0 Å². The van der Waals surface area contributed by atoms with Crippen molar-refractivity contribution in [1.82, 2.24) is 5.32 Å².